The standard InChI is InChI=1S/C18H15S.C6H10O4/c1-4-10-16(11-5-1)19(17-12-6-2-7-13-17)18-14-8-3-9-15-18;7-5(8)3-1-2-4-6(9)10/h1-15H;1-4H2,(H,7,8)(H,9,10)/q+1;/p-1. The van der Waals surface area contributed by atoms with Crippen LogP contribution in [0.2, 0.25) is 0 Å². The second-order valence-corrected chi connectivity index (χ2v) is 8.24. The Morgan fingerprint density at radius 2 is 1.00 bits per heavy atom. The van der Waals surface area contributed by atoms with E-state index in [-0.39, 0.29) is 23.7 Å². The molecule has 3 aromatic carbocycles. The summed E-state index contributed by atoms with van der Waals surface area (Å²) in [4.78, 5) is 23.7. The van der Waals surface area contributed by atoms with Crippen molar-refractivity contribution in [3.63, 3.8) is 0 Å². The third-order valence-corrected chi connectivity index (χ3v) is 6.19. The summed E-state index contributed by atoms with van der Waals surface area (Å²) in [5, 5.41) is 17.9. The van der Waals surface area contributed by atoms with Crippen LogP contribution in [0.3, 0.4) is 0 Å². The normalized spacial score (nSPS) is 10.1. The van der Waals surface area contributed by atoms with Crippen molar-refractivity contribution in [3.8, 4) is 0 Å². The minimum atomic E-state index is -1.12. The molecule has 0 bridgehead atoms. The molecule has 4 nitrogen and oxygen atoms in total. The second kappa shape index (κ2) is 12.4. The number of hydrogen-bond donors (Lipinski definition) is 1. The van der Waals surface area contributed by atoms with E-state index in [4.69, 9.17) is 5.11 Å². The van der Waals surface area contributed by atoms with E-state index in [1.54, 1.807) is 0 Å². The maximum atomic E-state index is 9.88. The van der Waals surface area contributed by atoms with Gasteiger partial charge in [0.25, 0.3) is 0 Å². The minimum absolute atomic E-state index is 0.0146. The number of benzene rings is 3. The van der Waals surface area contributed by atoms with Crippen molar-refractivity contribution < 1.29 is 19.8 Å². The number of carbonyl (C=O) groups is 2. The summed E-state index contributed by atoms with van der Waals surface area (Å²) in [6.45, 7) is 0. The van der Waals surface area contributed by atoms with E-state index in [1.165, 1.54) is 14.7 Å². The van der Waals surface area contributed by atoms with Gasteiger partial charge in [-0.3, -0.25) is 4.79 Å². The smallest absolute Gasteiger partial charge is 0.303 e. The average Bonchev–Trinajstić information content (AvgIpc) is 2.74. The van der Waals surface area contributed by atoms with E-state index in [1.807, 2.05) is 0 Å². The molecule has 0 amide bonds. The van der Waals surface area contributed by atoms with Crippen LogP contribution in [0.5, 0.6) is 0 Å². The van der Waals surface area contributed by atoms with Gasteiger partial charge in [0.2, 0.25) is 0 Å². The highest BCUT2D eigenvalue weighted by Gasteiger charge is 2.27. The van der Waals surface area contributed by atoms with Gasteiger partial charge in [-0.25, -0.2) is 0 Å². The van der Waals surface area contributed by atoms with Crippen LogP contribution in [0.25, 0.3) is 0 Å². The maximum absolute atomic E-state index is 9.88. The lowest BCUT2D eigenvalue weighted by Gasteiger charge is -2.07. The molecule has 0 saturated carbocycles. The molecule has 0 heterocycles. The number of hydrogen-bond acceptors (Lipinski definition) is 3. The van der Waals surface area contributed by atoms with Crippen LogP contribution >= 0.6 is 0 Å². The highest BCUT2D eigenvalue weighted by molar-refractivity contribution is 7.97. The van der Waals surface area contributed by atoms with Crippen molar-refractivity contribution in [1.29, 1.82) is 0 Å². The molecule has 0 radical (unpaired) electrons. The first-order valence-corrected chi connectivity index (χ1v) is 10.6. The highest BCUT2D eigenvalue weighted by atomic mass is 32.2. The molecule has 0 saturated heterocycles. The van der Waals surface area contributed by atoms with Gasteiger partial charge in [-0.2, -0.15) is 0 Å². The molecular weight excluding hydrogens is 384 g/mol. The molecule has 150 valence electrons. The summed E-state index contributed by atoms with van der Waals surface area (Å²) in [7, 11) is -0.0146. The summed E-state index contributed by atoms with van der Waals surface area (Å²) in [5.41, 5.74) is 0. The monoisotopic (exact) mass is 408 g/mol. The molecule has 0 fully saturated rings. The summed E-state index contributed by atoms with van der Waals surface area (Å²) < 4.78 is 0. The molecule has 0 spiro atoms. The van der Waals surface area contributed by atoms with Gasteiger partial charge in [-0.1, -0.05) is 54.6 Å². The molecule has 5 heteroatoms. The first kappa shape index (κ1) is 22.2. The van der Waals surface area contributed by atoms with E-state index in [0.29, 0.717) is 12.8 Å². The van der Waals surface area contributed by atoms with E-state index in [9.17, 15) is 14.7 Å². The molecule has 0 aromatic heterocycles. The number of unbranched alkanes of at least 4 members (excludes halogenated alkanes) is 1. The Morgan fingerprint density at radius 3 is 1.31 bits per heavy atom. The molecule has 29 heavy (non-hydrogen) atoms. The molecular formula is C24H24O4S. The fourth-order valence-electron chi connectivity index (χ4n) is 2.62. The summed E-state index contributed by atoms with van der Waals surface area (Å²) in [6.07, 6.45) is 0.776. The van der Waals surface area contributed by atoms with Gasteiger partial charge in [0.15, 0.2) is 14.7 Å². The van der Waals surface area contributed by atoms with E-state index >= 15 is 0 Å². The Morgan fingerprint density at radius 1 is 0.655 bits per heavy atom. The van der Waals surface area contributed by atoms with E-state index < -0.39 is 11.9 Å². The van der Waals surface area contributed by atoms with Crippen LogP contribution < -0.4 is 5.11 Å². The molecule has 3 aromatic rings. The van der Waals surface area contributed by atoms with Gasteiger partial charge in [-0.05, 0) is 55.7 Å². The SMILES string of the molecule is O=C([O-])CCCCC(=O)O.c1ccc([S+](c2ccccc2)c2ccccc2)cc1. The van der Waals surface area contributed by atoms with Crippen LogP contribution in [0.1, 0.15) is 25.7 Å². The van der Waals surface area contributed by atoms with E-state index in [2.05, 4.69) is 91.0 Å². The molecule has 3 rings (SSSR count). The van der Waals surface area contributed by atoms with Crippen molar-refractivity contribution in [1.82, 2.24) is 0 Å². The maximum Gasteiger partial charge on any atom is 0.303 e. The van der Waals surface area contributed by atoms with Gasteiger partial charge >= 0.3 is 5.97 Å². The summed E-state index contributed by atoms with van der Waals surface area (Å²) >= 11 is 0. The van der Waals surface area contributed by atoms with Crippen LogP contribution in [0.15, 0.2) is 106 Å². The lowest BCUT2D eigenvalue weighted by molar-refractivity contribution is -0.305. The lowest BCUT2D eigenvalue weighted by atomic mass is 10.2. The third kappa shape index (κ3) is 8.23. The van der Waals surface area contributed by atoms with Crippen molar-refractivity contribution >= 4 is 22.8 Å². The Hall–Kier alpha value is -3.05. The predicted octanol–water partition coefficient (Wildman–Crippen LogP) is 4.16. The molecule has 1 N–H and O–H groups in total. The van der Waals surface area contributed by atoms with Crippen LogP contribution in [0, 0.1) is 0 Å². The Labute approximate surface area is 174 Å². The lowest BCUT2D eigenvalue weighted by Crippen LogP contribution is -2.21. The molecule has 0 atom stereocenters. The van der Waals surface area contributed by atoms with E-state index in [0.717, 1.165) is 0 Å². The van der Waals surface area contributed by atoms with Crippen molar-refractivity contribution in [2.45, 2.75) is 40.4 Å². The van der Waals surface area contributed by atoms with Crippen molar-refractivity contribution in [2.24, 2.45) is 0 Å². The second-order valence-electron chi connectivity index (χ2n) is 6.22. The first-order valence-electron chi connectivity index (χ1n) is 9.39. The Bertz CT molecular complexity index is 757. The minimum Gasteiger partial charge on any atom is -0.550 e. The fourth-order valence-corrected chi connectivity index (χ4v) is 4.73. The van der Waals surface area contributed by atoms with Crippen molar-refractivity contribution in [2.75, 3.05) is 0 Å². The predicted molar refractivity (Wildman–Crippen MR) is 113 cm³/mol. The largest absolute Gasteiger partial charge is 0.550 e. The zero-order valence-electron chi connectivity index (χ0n) is 16.1. The van der Waals surface area contributed by atoms with Crippen LogP contribution in [0.4, 0.5) is 0 Å². The average molecular weight is 409 g/mol. The number of carboxylic acid groups (broad SMARTS) is 2. The van der Waals surface area contributed by atoms with Gasteiger partial charge < -0.3 is 15.0 Å². The zero-order chi connectivity index (χ0) is 20.9. The number of aliphatic carboxylic acids is 2. The fraction of sp³-hybridized carbons (Fsp3) is 0.167. The molecule has 0 aliphatic heterocycles. The number of rotatable bonds is 8. The van der Waals surface area contributed by atoms with Gasteiger partial charge in [0, 0.05) is 12.4 Å². The Kier molecular flexibility index (Phi) is 9.52. The van der Waals surface area contributed by atoms with Gasteiger partial charge in [-0.15, -0.1) is 0 Å². The van der Waals surface area contributed by atoms with Crippen molar-refractivity contribution in [3.05, 3.63) is 91.0 Å². The molecule has 0 aliphatic carbocycles. The zero-order valence-corrected chi connectivity index (χ0v) is 16.9. The quantitative estimate of drug-likeness (QED) is 0.448. The van der Waals surface area contributed by atoms with Gasteiger partial charge in [0.1, 0.15) is 0 Å². The topological polar surface area (TPSA) is 77.4 Å². The van der Waals surface area contributed by atoms with Crippen LogP contribution in [-0.4, -0.2) is 17.0 Å². The van der Waals surface area contributed by atoms with Crippen LogP contribution in [-0.2, 0) is 20.5 Å². The van der Waals surface area contributed by atoms with Gasteiger partial charge in [0.05, 0.1) is 10.9 Å². The summed E-state index contributed by atoms with van der Waals surface area (Å²) in [5.74, 6) is -2.01. The number of carbonyl (C=O) groups excluding carboxylic acids is 1. The highest BCUT2D eigenvalue weighted by Crippen LogP contribution is 2.30. The number of carboxylic acids is 2. The summed E-state index contributed by atoms with van der Waals surface area (Å²) in [6, 6.07) is 32.2. The molecule has 0 unspecified atom stereocenters. The first-order chi connectivity index (χ1) is 14.1. The third-order valence-electron chi connectivity index (χ3n) is 3.96. The Balaban J connectivity index is 0.000000257. The molecule has 0 aliphatic rings.